The van der Waals surface area contributed by atoms with Crippen molar-refractivity contribution in [1.82, 2.24) is 19.5 Å². The predicted octanol–water partition coefficient (Wildman–Crippen LogP) is 11.7. The Labute approximate surface area is 293 Å². The van der Waals surface area contributed by atoms with E-state index in [9.17, 15) is 0 Å². The number of rotatable bonds is 3. The first-order chi connectivity index (χ1) is 25.1. The first-order valence-corrected chi connectivity index (χ1v) is 17.4. The van der Waals surface area contributed by atoms with Gasteiger partial charge in [0.15, 0.2) is 11.4 Å². The van der Waals surface area contributed by atoms with Crippen molar-refractivity contribution in [2.24, 2.45) is 0 Å². The van der Waals surface area contributed by atoms with Crippen molar-refractivity contribution in [2.45, 2.75) is 19.3 Å². The molecule has 1 aliphatic rings. The highest BCUT2D eigenvalue weighted by Crippen LogP contribution is 2.51. The van der Waals surface area contributed by atoms with Gasteiger partial charge in [0, 0.05) is 44.3 Å². The first-order valence-electron chi connectivity index (χ1n) is 17.4. The maximum Gasteiger partial charge on any atom is 0.160 e. The number of furan rings is 1. The van der Waals surface area contributed by atoms with E-state index in [-0.39, 0.29) is 5.41 Å². The summed E-state index contributed by atoms with van der Waals surface area (Å²) in [5.41, 5.74) is 14.8. The van der Waals surface area contributed by atoms with Crippen LogP contribution in [0.25, 0.3) is 94.1 Å². The lowest BCUT2D eigenvalue weighted by atomic mass is 9.82. The van der Waals surface area contributed by atoms with Crippen LogP contribution in [0.4, 0.5) is 0 Å². The summed E-state index contributed by atoms with van der Waals surface area (Å²) in [6.07, 6.45) is 3.57. The molecule has 0 amide bonds. The Kier molecular flexibility index (Phi) is 5.66. The summed E-state index contributed by atoms with van der Waals surface area (Å²) in [5.74, 6) is 0.641. The third-order valence-electron chi connectivity index (χ3n) is 10.9. The normalized spacial score (nSPS) is 13.5. The standard InChI is InChI=1S/C46H30N4O/c1-46(2)35-17-8-6-14-29(35)33-25-41-34(24-36(33)46)30-15-7-9-19-39(30)50(41)40-20-10-16-31-42-32(45-48-26-38-37(49-45)18-11-23-47-38)22-21-28(44(42)51-43(31)40)27-12-4-3-5-13-27/h3-26H,1-2H3. The van der Waals surface area contributed by atoms with Crippen LogP contribution in [0.15, 0.2) is 150 Å². The van der Waals surface area contributed by atoms with E-state index in [0.717, 1.165) is 66.4 Å². The largest absolute Gasteiger partial charge is 0.453 e. The molecule has 0 unspecified atom stereocenters. The molecular weight excluding hydrogens is 625 g/mol. The Balaban J connectivity index is 1.25. The minimum absolute atomic E-state index is 0.0901. The van der Waals surface area contributed by atoms with Gasteiger partial charge >= 0.3 is 0 Å². The van der Waals surface area contributed by atoms with Gasteiger partial charge in [0.1, 0.15) is 11.1 Å². The van der Waals surface area contributed by atoms with Crippen molar-refractivity contribution >= 4 is 54.8 Å². The molecule has 4 aromatic heterocycles. The van der Waals surface area contributed by atoms with Crippen molar-refractivity contribution in [1.29, 1.82) is 0 Å². The Morgan fingerprint density at radius 3 is 2.27 bits per heavy atom. The Hall–Kier alpha value is -6.59. The minimum atomic E-state index is -0.0901. The second-order valence-electron chi connectivity index (χ2n) is 14.0. The van der Waals surface area contributed by atoms with Gasteiger partial charge in [0.25, 0.3) is 0 Å². The van der Waals surface area contributed by atoms with E-state index >= 15 is 0 Å². The highest BCUT2D eigenvalue weighted by molar-refractivity contribution is 6.19. The van der Waals surface area contributed by atoms with E-state index in [0.29, 0.717) is 5.82 Å². The van der Waals surface area contributed by atoms with Crippen LogP contribution in [0.1, 0.15) is 25.0 Å². The summed E-state index contributed by atoms with van der Waals surface area (Å²) >= 11 is 0. The smallest absolute Gasteiger partial charge is 0.160 e. The Morgan fingerprint density at radius 1 is 0.549 bits per heavy atom. The van der Waals surface area contributed by atoms with Crippen molar-refractivity contribution < 1.29 is 4.42 Å². The van der Waals surface area contributed by atoms with Crippen molar-refractivity contribution in [3.05, 3.63) is 157 Å². The van der Waals surface area contributed by atoms with E-state index < -0.39 is 0 Å². The van der Waals surface area contributed by atoms with Crippen LogP contribution in [0.3, 0.4) is 0 Å². The van der Waals surface area contributed by atoms with E-state index in [2.05, 4.69) is 139 Å². The molecule has 0 saturated carbocycles. The van der Waals surface area contributed by atoms with Gasteiger partial charge in [0.2, 0.25) is 0 Å². The molecule has 1 aliphatic carbocycles. The van der Waals surface area contributed by atoms with Gasteiger partial charge in [-0.2, -0.15) is 0 Å². The molecule has 6 aromatic carbocycles. The molecule has 0 atom stereocenters. The summed E-state index contributed by atoms with van der Waals surface area (Å²) < 4.78 is 9.53. The van der Waals surface area contributed by atoms with Gasteiger partial charge in [-0.25, -0.2) is 9.97 Å². The number of fused-ring (bicyclic) bond motifs is 10. The molecule has 0 N–H and O–H groups in total. The molecule has 0 fully saturated rings. The van der Waals surface area contributed by atoms with Crippen LogP contribution in [-0.2, 0) is 5.41 Å². The molecule has 0 radical (unpaired) electrons. The van der Waals surface area contributed by atoms with Gasteiger partial charge in [-0.3, -0.25) is 4.98 Å². The quantitative estimate of drug-likeness (QED) is 0.190. The Bertz CT molecular complexity index is 3060. The highest BCUT2D eigenvalue weighted by Gasteiger charge is 2.36. The molecule has 0 aliphatic heterocycles. The average Bonchev–Trinajstić information content (AvgIpc) is 3.80. The molecule has 10 aromatic rings. The third kappa shape index (κ3) is 3.89. The lowest BCUT2D eigenvalue weighted by Crippen LogP contribution is -2.14. The summed E-state index contributed by atoms with van der Waals surface area (Å²) in [6.45, 7) is 4.69. The maximum atomic E-state index is 7.13. The maximum absolute atomic E-state index is 7.13. The number of benzene rings is 6. The lowest BCUT2D eigenvalue weighted by molar-refractivity contribution is 0.661. The molecule has 0 spiro atoms. The van der Waals surface area contributed by atoms with Gasteiger partial charge in [-0.15, -0.1) is 0 Å². The minimum Gasteiger partial charge on any atom is -0.453 e. The van der Waals surface area contributed by atoms with Gasteiger partial charge in [-0.1, -0.05) is 98.8 Å². The molecule has 4 heterocycles. The second-order valence-corrected chi connectivity index (χ2v) is 14.0. The van der Waals surface area contributed by atoms with Crippen LogP contribution < -0.4 is 0 Å². The molecule has 0 saturated heterocycles. The lowest BCUT2D eigenvalue weighted by Gasteiger charge is -2.21. The zero-order chi connectivity index (χ0) is 33.8. The summed E-state index contributed by atoms with van der Waals surface area (Å²) in [7, 11) is 0. The topological polar surface area (TPSA) is 56.7 Å². The van der Waals surface area contributed by atoms with Gasteiger partial charge < -0.3 is 8.98 Å². The van der Waals surface area contributed by atoms with Gasteiger partial charge in [0.05, 0.1) is 28.4 Å². The monoisotopic (exact) mass is 654 g/mol. The summed E-state index contributed by atoms with van der Waals surface area (Å²) in [4.78, 5) is 14.3. The van der Waals surface area contributed by atoms with E-state index in [1.807, 2.05) is 18.2 Å². The molecule has 0 bridgehead atoms. The number of aromatic nitrogens is 4. The summed E-state index contributed by atoms with van der Waals surface area (Å²) in [5, 5.41) is 4.47. The van der Waals surface area contributed by atoms with Crippen LogP contribution >= 0.6 is 0 Å². The first kappa shape index (κ1) is 28.3. The summed E-state index contributed by atoms with van der Waals surface area (Å²) in [6, 6.07) is 47.5. The third-order valence-corrected chi connectivity index (χ3v) is 10.9. The number of hydrogen-bond acceptors (Lipinski definition) is 4. The average molecular weight is 655 g/mol. The highest BCUT2D eigenvalue weighted by atomic mass is 16.3. The van der Waals surface area contributed by atoms with Crippen LogP contribution in [-0.4, -0.2) is 19.5 Å². The van der Waals surface area contributed by atoms with E-state index in [1.165, 1.54) is 33.0 Å². The number of hydrogen-bond donors (Lipinski definition) is 0. The zero-order valence-electron chi connectivity index (χ0n) is 28.1. The predicted molar refractivity (Wildman–Crippen MR) is 207 cm³/mol. The van der Waals surface area contributed by atoms with E-state index in [1.54, 1.807) is 12.4 Å². The Morgan fingerprint density at radius 2 is 1.35 bits per heavy atom. The molecule has 240 valence electrons. The molecule has 11 rings (SSSR count). The zero-order valence-corrected chi connectivity index (χ0v) is 28.1. The fourth-order valence-corrected chi connectivity index (χ4v) is 8.52. The fraction of sp³-hybridized carbons (Fsp3) is 0.0652. The number of nitrogens with zero attached hydrogens (tertiary/aromatic N) is 4. The second kappa shape index (κ2) is 10.2. The van der Waals surface area contributed by atoms with Crippen molar-refractivity contribution in [3.63, 3.8) is 0 Å². The fourth-order valence-electron chi connectivity index (χ4n) is 8.52. The van der Waals surface area contributed by atoms with E-state index in [4.69, 9.17) is 14.4 Å². The van der Waals surface area contributed by atoms with Crippen LogP contribution in [0.2, 0.25) is 0 Å². The number of para-hydroxylation sites is 2. The number of pyridine rings is 1. The van der Waals surface area contributed by atoms with Crippen LogP contribution in [0.5, 0.6) is 0 Å². The molecular formula is C46H30N4O. The van der Waals surface area contributed by atoms with Gasteiger partial charge in [-0.05, 0) is 76.3 Å². The molecule has 5 nitrogen and oxygen atoms in total. The van der Waals surface area contributed by atoms with Crippen molar-refractivity contribution in [3.8, 4) is 39.3 Å². The SMILES string of the molecule is CC1(C)c2ccccc2-c2cc3c(cc21)c1ccccc1n3-c1cccc2c1oc1c(-c3ccccc3)ccc(-c3ncc4ncccc4n3)c12. The molecule has 51 heavy (non-hydrogen) atoms. The molecule has 5 heteroatoms. The van der Waals surface area contributed by atoms with Crippen LogP contribution in [0, 0.1) is 0 Å². The van der Waals surface area contributed by atoms with Crippen molar-refractivity contribution in [2.75, 3.05) is 0 Å².